The summed E-state index contributed by atoms with van der Waals surface area (Å²) in [5.41, 5.74) is 1.00. The van der Waals surface area contributed by atoms with Gasteiger partial charge in [0.2, 0.25) is 5.91 Å². The Hall–Kier alpha value is -0.710. The average Bonchev–Trinajstić information content (AvgIpc) is 2.89. The minimum Gasteiger partial charge on any atom is -0.348 e. The molecule has 3 nitrogen and oxygen atoms in total. The van der Waals surface area contributed by atoms with Crippen LogP contribution in [-0.2, 0) is 9.53 Å². The van der Waals surface area contributed by atoms with Crippen LogP contribution in [-0.4, -0.2) is 40.8 Å². The summed E-state index contributed by atoms with van der Waals surface area (Å²) in [6.45, 7) is 2.74. The van der Waals surface area contributed by atoms with E-state index in [-0.39, 0.29) is 24.1 Å². The molecule has 1 aromatic carbocycles. The number of thioether (sulfide) groups is 1. The molecule has 0 N–H and O–H groups in total. The van der Waals surface area contributed by atoms with Gasteiger partial charge < -0.3 is 9.64 Å². The van der Waals surface area contributed by atoms with Gasteiger partial charge in [0.1, 0.15) is 5.88 Å². The maximum atomic E-state index is 11.9. The highest BCUT2D eigenvalue weighted by atomic mass is 35.5. The smallest absolute Gasteiger partial charge is 0.239 e. The van der Waals surface area contributed by atoms with E-state index in [1.807, 2.05) is 42.1 Å². The molecule has 1 aromatic rings. The van der Waals surface area contributed by atoms with Gasteiger partial charge in [-0.25, -0.2) is 0 Å². The molecule has 1 fully saturated rings. The van der Waals surface area contributed by atoms with Crippen molar-refractivity contribution >= 4 is 29.3 Å². The maximum Gasteiger partial charge on any atom is 0.239 e. The molecule has 104 valence electrons. The lowest BCUT2D eigenvalue weighted by Crippen LogP contribution is -2.33. The first-order valence-electron chi connectivity index (χ1n) is 6.39. The van der Waals surface area contributed by atoms with Crippen LogP contribution in [0, 0.1) is 0 Å². The molecule has 0 radical (unpaired) electrons. The van der Waals surface area contributed by atoms with E-state index in [1.165, 1.54) is 0 Å². The molecule has 0 aromatic heterocycles. The fourth-order valence-corrected chi connectivity index (χ4v) is 2.98. The van der Waals surface area contributed by atoms with Crippen molar-refractivity contribution in [3.63, 3.8) is 0 Å². The molecule has 2 rings (SSSR count). The van der Waals surface area contributed by atoms with Gasteiger partial charge >= 0.3 is 0 Å². The van der Waals surface area contributed by atoms with E-state index in [0.29, 0.717) is 6.54 Å². The fraction of sp³-hybridized carbons (Fsp3) is 0.500. The molecule has 2 unspecified atom stereocenters. The van der Waals surface area contributed by atoms with Crippen LogP contribution < -0.4 is 0 Å². The number of amides is 1. The monoisotopic (exact) mass is 299 g/mol. The van der Waals surface area contributed by atoms with E-state index >= 15 is 0 Å². The van der Waals surface area contributed by atoms with Crippen molar-refractivity contribution in [2.75, 3.05) is 23.9 Å². The number of alkyl halides is 1. The van der Waals surface area contributed by atoms with Crippen LogP contribution in [0.5, 0.6) is 0 Å². The molecule has 1 aliphatic heterocycles. The number of hydrogen-bond acceptors (Lipinski definition) is 3. The first-order valence-corrected chi connectivity index (χ1v) is 8.08. The third-order valence-electron chi connectivity index (χ3n) is 3.03. The Morgan fingerprint density at radius 1 is 1.47 bits per heavy atom. The summed E-state index contributed by atoms with van der Waals surface area (Å²) in [4.78, 5) is 13.7. The molecule has 1 amide bonds. The Bertz CT molecular complexity index is 415. The first-order chi connectivity index (χ1) is 9.26. The molecule has 1 aliphatic rings. The summed E-state index contributed by atoms with van der Waals surface area (Å²) in [7, 11) is 0. The van der Waals surface area contributed by atoms with Crippen molar-refractivity contribution in [2.45, 2.75) is 19.3 Å². The third-order valence-corrected chi connectivity index (χ3v) is 4.28. The molecular formula is C14H18ClNO2S. The Kier molecular flexibility index (Phi) is 5.55. The third kappa shape index (κ3) is 3.65. The molecule has 5 heteroatoms. The fourth-order valence-electron chi connectivity index (χ4n) is 2.14. The molecule has 0 bridgehead atoms. The molecule has 1 saturated heterocycles. The summed E-state index contributed by atoms with van der Waals surface area (Å²) in [5.74, 6) is 1.89. The van der Waals surface area contributed by atoms with Crippen molar-refractivity contribution in [2.24, 2.45) is 0 Å². The number of nitrogens with zero attached hydrogens (tertiary/aromatic N) is 1. The van der Waals surface area contributed by atoms with Crippen molar-refractivity contribution in [3.05, 3.63) is 35.9 Å². The van der Waals surface area contributed by atoms with Crippen LogP contribution in [0.2, 0.25) is 0 Å². The lowest BCUT2D eigenvalue weighted by molar-refractivity contribution is -0.133. The minimum absolute atomic E-state index is 0.000332. The summed E-state index contributed by atoms with van der Waals surface area (Å²) in [6.07, 6.45) is -0.211. The normalized spacial score (nSPS) is 22.7. The Labute approximate surface area is 123 Å². The number of hydrogen-bond donors (Lipinski definition) is 0. The molecule has 0 aliphatic carbocycles. The number of carbonyl (C=O) groups is 1. The Morgan fingerprint density at radius 2 is 2.21 bits per heavy atom. The summed E-state index contributed by atoms with van der Waals surface area (Å²) in [5, 5.41) is 0. The van der Waals surface area contributed by atoms with Crippen LogP contribution >= 0.6 is 23.4 Å². The van der Waals surface area contributed by atoms with Gasteiger partial charge in [-0.15, -0.1) is 11.6 Å². The zero-order chi connectivity index (χ0) is 13.7. The zero-order valence-corrected chi connectivity index (χ0v) is 12.5. The maximum absolute atomic E-state index is 11.9. The molecule has 19 heavy (non-hydrogen) atoms. The van der Waals surface area contributed by atoms with Crippen molar-refractivity contribution in [3.8, 4) is 0 Å². The Morgan fingerprint density at radius 3 is 2.84 bits per heavy atom. The van der Waals surface area contributed by atoms with Crippen LogP contribution in [0.1, 0.15) is 18.7 Å². The highest BCUT2D eigenvalue weighted by Crippen LogP contribution is 2.31. The van der Waals surface area contributed by atoms with E-state index in [0.717, 1.165) is 17.1 Å². The van der Waals surface area contributed by atoms with Gasteiger partial charge in [0.15, 0.2) is 6.23 Å². The predicted molar refractivity (Wildman–Crippen MR) is 79.5 cm³/mol. The minimum atomic E-state index is -0.296. The van der Waals surface area contributed by atoms with Gasteiger partial charge in [0, 0.05) is 11.3 Å². The summed E-state index contributed by atoms with van der Waals surface area (Å²) < 4.78 is 6.01. The van der Waals surface area contributed by atoms with Gasteiger partial charge in [-0.05, 0) is 5.75 Å². The summed E-state index contributed by atoms with van der Waals surface area (Å²) >= 11 is 7.51. The standard InChI is InChI=1S/C14H18ClNO2S/c1-2-19-10-12-9-16(13(17)8-15)14(18-12)11-6-4-3-5-7-11/h3-7,12,14H,2,8-10H2,1H3. The van der Waals surface area contributed by atoms with E-state index in [4.69, 9.17) is 16.3 Å². The second-order valence-electron chi connectivity index (χ2n) is 4.36. The number of ether oxygens (including phenoxy) is 1. The predicted octanol–water partition coefficient (Wildman–Crippen LogP) is 2.90. The second-order valence-corrected chi connectivity index (χ2v) is 5.95. The average molecular weight is 300 g/mol. The summed E-state index contributed by atoms with van der Waals surface area (Å²) in [6, 6.07) is 9.83. The second kappa shape index (κ2) is 7.17. The number of benzene rings is 1. The first kappa shape index (κ1) is 14.7. The van der Waals surface area contributed by atoms with Crippen LogP contribution in [0.4, 0.5) is 0 Å². The van der Waals surface area contributed by atoms with E-state index in [2.05, 4.69) is 6.92 Å². The van der Waals surface area contributed by atoms with Crippen molar-refractivity contribution in [1.82, 2.24) is 4.90 Å². The zero-order valence-electron chi connectivity index (χ0n) is 10.9. The van der Waals surface area contributed by atoms with E-state index in [9.17, 15) is 4.79 Å². The highest BCUT2D eigenvalue weighted by Gasteiger charge is 2.36. The van der Waals surface area contributed by atoms with Crippen LogP contribution in [0.3, 0.4) is 0 Å². The molecule has 0 spiro atoms. The van der Waals surface area contributed by atoms with Gasteiger partial charge in [-0.1, -0.05) is 37.3 Å². The van der Waals surface area contributed by atoms with Crippen molar-refractivity contribution in [1.29, 1.82) is 0 Å². The number of carbonyl (C=O) groups excluding carboxylic acids is 1. The van der Waals surface area contributed by atoms with Gasteiger partial charge in [0.25, 0.3) is 0 Å². The van der Waals surface area contributed by atoms with Crippen LogP contribution in [0.15, 0.2) is 30.3 Å². The quantitative estimate of drug-likeness (QED) is 0.783. The van der Waals surface area contributed by atoms with Gasteiger partial charge in [-0.3, -0.25) is 4.79 Å². The van der Waals surface area contributed by atoms with Gasteiger partial charge in [-0.2, -0.15) is 11.8 Å². The molecule has 1 heterocycles. The lowest BCUT2D eigenvalue weighted by Gasteiger charge is -2.22. The van der Waals surface area contributed by atoms with Crippen LogP contribution in [0.25, 0.3) is 0 Å². The van der Waals surface area contributed by atoms with E-state index in [1.54, 1.807) is 4.90 Å². The molecule has 2 atom stereocenters. The molecular weight excluding hydrogens is 282 g/mol. The number of halogens is 1. The topological polar surface area (TPSA) is 29.5 Å². The highest BCUT2D eigenvalue weighted by molar-refractivity contribution is 7.99. The Balaban J connectivity index is 2.12. The van der Waals surface area contributed by atoms with Crippen molar-refractivity contribution < 1.29 is 9.53 Å². The van der Waals surface area contributed by atoms with Gasteiger partial charge in [0.05, 0.1) is 12.6 Å². The van der Waals surface area contributed by atoms with E-state index < -0.39 is 0 Å². The molecule has 0 saturated carbocycles. The largest absolute Gasteiger partial charge is 0.348 e. The number of rotatable bonds is 5. The SMILES string of the molecule is CCSCC1CN(C(=O)CCl)C(c2ccccc2)O1. The lowest BCUT2D eigenvalue weighted by atomic mass is 10.2.